The molecule has 0 unspecified atom stereocenters. The third kappa shape index (κ3) is 3.74. The summed E-state index contributed by atoms with van der Waals surface area (Å²) in [7, 11) is 0. The molecule has 2 N–H and O–H groups in total. The molecule has 0 aliphatic carbocycles. The van der Waals surface area contributed by atoms with Crippen LogP contribution in [0.5, 0.6) is 0 Å². The zero-order valence-electron chi connectivity index (χ0n) is 9.64. The van der Waals surface area contributed by atoms with E-state index in [0.29, 0.717) is 6.42 Å². The van der Waals surface area contributed by atoms with Crippen LogP contribution in [0.25, 0.3) is 0 Å². The summed E-state index contributed by atoms with van der Waals surface area (Å²) in [5.74, 6) is 0.321. The van der Waals surface area contributed by atoms with Crippen LogP contribution in [0, 0.1) is 5.82 Å². The third-order valence-electron chi connectivity index (χ3n) is 2.45. The lowest BCUT2D eigenvalue weighted by molar-refractivity contribution is -0.117. The van der Waals surface area contributed by atoms with Gasteiger partial charge in [0.15, 0.2) is 0 Å². The van der Waals surface area contributed by atoms with Gasteiger partial charge in [-0.2, -0.15) is 0 Å². The second-order valence-electron chi connectivity index (χ2n) is 3.84. The first-order valence-electron chi connectivity index (χ1n) is 5.53. The highest BCUT2D eigenvalue weighted by Crippen LogP contribution is 2.27. The fourth-order valence-electron chi connectivity index (χ4n) is 1.54. The Morgan fingerprint density at radius 1 is 1.50 bits per heavy atom. The summed E-state index contributed by atoms with van der Waals surface area (Å²) < 4.78 is 13.7. The SMILES string of the molecule is NC(=O)[C@@H](Cc1ccc(F)cc1)SC1=NCCS1. The molecule has 0 aromatic heterocycles. The van der Waals surface area contributed by atoms with Crippen molar-refractivity contribution in [1.29, 1.82) is 0 Å². The number of amides is 1. The molecule has 1 aromatic carbocycles. The number of primary amides is 1. The number of rotatable bonds is 4. The van der Waals surface area contributed by atoms with E-state index < -0.39 is 0 Å². The van der Waals surface area contributed by atoms with Gasteiger partial charge in [0.2, 0.25) is 5.91 Å². The Kier molecular flexibility index (Phi) is 4.66. The maximum atomic E-state index is 12.8. The van der Waals surface area contributed by atoms with E-state index in [0.717, 1.165) is 22.2 Å². The van der Waals surface area contributed by atoms with E-state index in [4.69, 9.17) is 5.73 Å². The van der Waals surface area contributed by atoms with Crippen molar-refractivity contribution in [3.63, 3.8) is 0 Å². The molecule has 1 atom stereocenters. The van der Waals surface area contributed by atoms with Crippen molar-refractivity contribution in [3.05, 3.63) is 35.6 Å². The molecule has 96 valence electrons. The Morgan fingerprint density at radius 2 is 2.22 bits per heavy atom. The van der Waals surface area contributed by atoms with Gasteiger partial charge >= 0.3 is 0 Å². The molecule has 3 nitrogen and oxygen atoms in total. The maximum absolute atomic E-state index is 12.8. The molecule has 1 aromatic rings. The summed E-state index contributed by atoms with van der Waals surface area (Å²) in [6.07, 6.45) is 0.500. The normalized spacial score (nSPS) is 16.4. The lowest BCUT2D eigenvalue weighted by Crippen LogP contribution is -2.28. The summed E-state index contributed by atoms with van der Waals surface area (Å²) in [4.78, 5) is 15.7. The van der Waals surface area contributed by atoms with E-state index in [1.54, 1.807) is 23.9 Å². The van der Waals surface area contributed by atoms with E-state index in [1.165, 1.54) is 23.9 Å². The maximum Gasteiger partial charge on any atom is 0.231 e. The summed E-state index contributed by atoms with van der Waals surface area (Å²) >= 11 is 3.05. The van der Waals surface area contributed by atoms with Gasteiger partial charge in [-0.05, 0) is 24.1 Å². The van der Waals surface area contributed by atoms with E-state index in [1.807, 2.05) is 0 Å². The number of carbonyl (C=O) groups excluding carboxylic acids is 1. The van der Waals surface area contributed by atoms with Crippen LogP contribution in [-0.2, 0) is 11.2 Å². The predicted molar refractivity (Wildman–Crippen MR) is 75.4 cm³/mol. The number of hydrogen-bond acceptors (Lipinski definition) is 4. The topological polar surface area (TPSA) is 55.5 Å². The van der Waals surface area contributed by atoms with Crippen LogP contribution < -0.4 is 5.73 Å². The van der Waals surface area contributed by atoms with Gasteiger partial charge in [0.1, 0.15) is 10.2 Å². The van der Waals surface area contributed by atoms with Crippen molar-refractivity contribution >= 4 is 33.8 Å². The van der Waals surface area contributed by atoms with Crippen molar-refractivity contribution < 1.29 is 9.18 Å². The Labute approximate surface area is 113 Å². The second kappa shape index (κ2) is 6.24. The third-order valence-corrected chi connectivity index (χ3v) is 4.87. The number of halogens is 1. The van der Waals surface area contributed by atoms with Gasteiger partial charge in [0.05, 0.1) is 11.8 Å². The number of carbonyl (C=O) groups is 1. The van der Waals surface area contributed by atoms with Crippen LogP contribution >= 0.6 is 23.5 Å². The Balaban J connectivity index is 2.01. The zero-order chi connectivity index (χ0) is 13.0. The van der Waals surface area contributed by atoms with Crippen molar-refractivity contribution in [2.45, 2.75) is 11.7 Å². The highest BCUT2D eigenvalue weighted by molar-refractivity contribution is 8.39. The van der Waals surface area contributed by atoms with Crippen LogP contribution in [0.4, 0.5) is 4.39 Å². The molecule has 6 heteroatoms. The summed E-state index contributed by atoms with van der Waals surface area (Å²) in [5, 5.41) is -0.347. The quantitative estimate of drug-likeness (QED) is 0.920. The van der Waals surface area contributed by atoms with Crippen molar-refractivity contribution in [2.75, 3.05) is 12.3 Å². The molecule has 0 saturated carbocycles. The fourth-order valence-corrected chi connectivity index (χ4v) is 3.75. The van der Waals surface area contributed by atoms with Crippen molar-refractivity contribution in [3.8, 4) is 0 Å². The van der Waals surface area contributed by atoms with Crippen LogP contribution in [0.2, 0.25) is 0 Å². The Hall–Kier alpha value is -1.01. The molecular formula is C12H13FN2OS2. The summed E-state index contributed by atoms with van der Waals surface area (Å²) in [6.45, 7) is 0.801. The minimum absolute atomic E-state index is 0.280. The average Bonchev–Trinajstić information content (AvgIpc) is 2.84. The van der Waals surface area contributed by atoms with E-state index in [2.05, 4.69) is 4.99 Å². The van der Waals surface area contributed by atoms with E-state index in [9.17, 15) is 9.18 Å². The minimum atomic E-state index is -0.362. The van der Waals surface area contributed by atoms with Gasteiger partial charge in [-0.1, -0.05) is 35.7 Å². The molecular weight excluding hydrogens is 271 g/mol. The lowest BCUT2D eigenvalue weighted by Gasteiger charge is -2.12. The Morgan fingerprint density at radius 3 is 2.78 bits per heavy atom. The number of nitrogens with zero attached hydrogens (tertiary/aromatic N) is 1. The van der Waals surface area contributed by atoms with Gasteiger partial charge in [-0.15, -0.1) is 0 Å². The first-order chi connectivity index (χ1) is 8.65. The lowest BCUT2D eigenvalue weighted by atomic mass is 10.1. The smallest absolute Gasteiger partial charge is 0.231 e. The number of nitrogens with two attached hydrogens (primary N) is 1. The van der Waals surface area contributed by atoms with Gasteiger partial charge in [-0.3, -0.25) is 9.79 Å². The molecule has 0 radical (unpaired) electrons. The first kappa shape index (κ1) is 13.4. The van der Waals surface area contributed by atoms with Gasteiger partial charge in [0.25, 0.3) is 0 Å². The first-order valence-corrected chi connectivity index (χ1v) is 7.39. The van der Waals surface area contributed by atoms with Crippen molar-refractivity contribution in [1.82, 2.24) is 0 Å². The molecule has 18 heavy (non-hydrogen) atoms. The highest BCUT2D eigenvalue weighted by atomic mass is 32.2. The molecule has 2 rings (SSSR count). The average molecular weight is 284 g/mol. The van der Waals surface area contributed by atoms with Crippen LogP contribution in [0.3, 0.4) is 0 Å². The molecule has 0 fully saturated rings. The molecule has 0 spiro atoms. The predicted octanol–water partition coefficient (Wildman–Crippen LogP) is 2.06. The number of aliphatic imine (C=N–C) groups is 1. The monoisotopic (exact) mass is 284 g/mol. The van der Waals surface area contributed by atoms with Crippen molar-refractivity contribution in [2.24, 2.45) is 10.7 Å². The largest absolute Gasteiger partial charge is 0.369 e. The second-order valence-corrected chi connectivity index (χ2v) is 6.37. The van der Waals surface area contributed by atoms with E-state index >= 15 is 0 Å². The van der Waals surface area contributed by atoms with Gasteiger partial charge < -0.3 is 5.73 Å². The summed E-state index contributed by atoms with van der Waals surface area (Å²) in [5.41, 5.74) is 6.29. The van der Waals surface area contributed by atoms with Gasteiger partial charge in [-0.25, -0.2) is 4.39 Å². The van der Waals surface area contributed by atoms with E-state index in [-0.39, 0.29) is 17.0 Å². The standard InChI is InChI=1S/C12H13FN2OS2/c13-9-3-1-8(2-4-9)7-10(11(14)16)18-12-15-5-6-17-12/h1-4,10H,5-7H2,(H2,14,16)/t10-/m1/s1. The zero-order valence-corrected chi connectivity index (χ0v) is 11.3. The van der Waals surface area contributed by atoms with Crippen LogP contribution in [0.1, 0.15) is 5.56 Å². The Bertz CT molecular complexity index is 462. The summed E-state index contributed by atoms with van der Waals surface area (Å²) in [6, 6.07) is 6.13. The number of hydrogen-bond donors (Lipinski definition) is 1. The number of thioether (sulfide) groups is 2. The van der Waals surface area contributed by atoms with Gasteiger partial charge in [0, 0.05) is 5.75 Å². The molecule has 1 amide bonds. The molecule has 1 aliphatic rings. The molecule has 1 aliphatic heterocycles. The number of benzene rings is 1. The van der Waals surface area contributed by atoms with Crippen LogP contribution in [0.15, 0.2) is 29.3 Å². The van der Waals surface area contributed by atoms with Crippen LogP contribution in [-0.4, -0.2) is 27.8 Å². The molecule has 0 saturated heterocycles. The fraction of sp³-hybridized carbons (Fsp3) is 0.333. The molecule has 1 heterocycles. The highest BCUT2D eigenvalue weighted by Gasteiger charge is 2.21. The molecule has 0 bridgehead atoms. The minimum Gasteiger partial charge on any atom is -0.369 e.